The first-order chi connectivity index (χ1) is 8.06. The smallest absolute Gasteiger partial charge is 0.236 e. The lowest BCUT2D eigenvalue weighted by atomic mass is 9.58. The summed E-state index contributed by atoms with van der Waals surface area (Å²) in [4.78, 5) is 0. The Morgan fingerprint density at radius 1 is 0.579 bits per heavy atom. The summed E-state index contributed by atoms with van der Waals surface area (Å²) in [5.41, 5.74) is -8.15. The van der Waals surface area contributed by atoms with Crippen molar-refractivity contribution in [3.8, 4) is 0 Å². The maximum absolute atomic E-state index is 14.0. The second-order valence-electron chi connectivity index (χ2n) is 4.99. The SMILES string of the molecule is CCC1(C)C(C)(F)C(F)(F)C(F)(F)C(F)(F)C1(F)F. The third-order valence-corrected chi connectivity index (χ3v) is 4.21. The Morgan fingerprint density at radius 2 is 0.895 bits per heavy atom. The number of rotatable bonds is 1. The highest BCUT2D eigenvalue weighted by Gasteiger charge is 2.95. The maximum atomic E-state index is 14.0. The molecule has 0 spiro atoms. The first-order valence-corrected chi connectivity index (χ1v) is 5.26. The summed E-state index contributed by atoms with van der Waals surface area (Å²) in [6, 6.07) is 0. The van der Waals surface area contributed by atoms with Gasteiger partial charge < -0.3 is 0 Å². The van der Waals surface area contributed by atoms with Gasteiger partial charge >= 0.3 is 23.7 Å². The lowest BCUT2D eigenvalue weighted by Gasteiger charge is -2.57. The molecule has 19 heavy (non-hydrogen) atoms. The summed E-state index contributed by atoms with van der Waals surface area (Å²) < 4.78 is 120. The Bertz CT molecular complexity index is 352. The van der Waals surface area contributed by atoms with Crippen LogP contribution in [0.4, 0.5) is 39.5 Å². The van der Waals surface area contributed by atoms with E-state index in [-0.39, 0.29) is 13.8 Å². The van der Waals surface area contributed by atoms with Crippen molar-refractivity contribution in [2.75, 3.05) is 0 Å². The van der Waals surface area contributed by atoms with Crippen molar-refractivity contribution in [2.45, 2.75) is 56.6 Å². The summed E-state index contributed by atoms with van der Waals surface area (Å²) in [5, 5.41) is 0. The number of hydrogen-bond acceptors (Lipinski definition) is 0. The van der Waals surface area contributed by atoms with E-state index in [0.717, 1.165) is 6.92 Å². The molecular weight excluding hydrogens is 291 g/mol. The van der Waals surface area contributed by atoms with Gasteiger partial charge in [-0.1, -0.05) is 13.8 Å². The quantitative estimate of drug-likeness (QED) is 0.617. The zero-order valence-electron chi connectivity index (χ0n) is 10.1. The molecule has 0 N–H and O–H groups in total. The second-order valence-corrected chi connectivity index (χ2v) is 4.99. The molecule has 0 aliphatic heterocycles. The zero-order valence-corrected chi connectivity index (χ0v) is 10.1. The van der Waals surface area contributed by atoms with Crippen molar-refractivity contribution >= 4 is 0 Å². The van der Waals surface area contributed by atoms with Crippen LogP contribution in [-0.4, -0.2) is 29.4 Å². The average molecular weight is 302 g/mol. The van der Waals surface area contributed by atoms with Crippen molar-refractivity contribution in [3.05, 3.63) is 0 Å². The molecule has 0 heterocycles. The van der Waals surface area contributed by atoms with Crippen LogP contribution in [0.25, 0.3) is 0 Å². The molecule has 0 saturated heterocycles. The fourth-order valence-corrected chi connectivity index (χ4v) is 2.23. The van der Waals surface area contributed by atoms with Crippen LogP contribution in [0.15, 0.2) is 0 Å². The van der Waals surface area contributed by atoms with Crippen LogP contribution >= 0.6 is 0 Å². The van der Waals surface area contributed by atoms with E-state index in [1.807, 2.05) is 0 Å². The van der Waals surface area contributed by atoms with Crippen LogP contribution < -0.4 is 0 Å². The summed E-state index contributed by atoms with van der Waals surface area (Å²) >= 11 is 0. The molecular formula is C10H11F9. The molecule has 1 saturated carbocycles. The molecule has 114 valence electrons. The van der Waals surface area contributed by atoms with Gasteiger partial charge in [-0.05, 0) is 13.3 Å². The highest BCUT2D eigenvalue weighted by atomic mass is 19.4. The standard InChI is InChI=1S/C10H11F9/c1-4-5(2)6(3,11)8(14,15)10(18,19)9(16,17)7(5,12)13/h4H2,1-3H3. The predicted molar refractivity (Wildman–Crippen MR) is 47.7 cm³/mol. The molecule has 1 aliphatic rings. The predicted octanol–water partition coefficient (Wildman–Crippen LogP) is 4.69. The summed E-state index contributed by atoms with van der Waals surface area (Å²) in [6.07, 6.45) is -1.17. The molecule has 1 aliphatic carbocycles. The third-order valence-electron chi connectivity index (χ3n) is 4.21. The van der Waals surface area contributed by atoms with Crippen molar-refractivity contribution in [3.63, 3.8) is 0 Å². The minimum atomic E-state index is -6.50. The van der Waals surface area contributed by atoms with Crippen molar-refractivity contribution < 1.29 is 39.5 Å². The van der Waals surface area contributed by atoms with Gasteiger partial charge in [-0.2, -0.15) is 35.1 Å². The molecule has 2 unspecified atom stereocenters. The van der Waals surface area contributed by atoms with E-state index in [1.165, 1.54) is 0 Å². The fourth-order valence-electron chi connectivity index (χ4n) is 2.23. The molecule has 0 nitrogen and oxygen atoms in total. The van der Waals surface area contributed by atoms with Gasteiger partial charge in [0.15, 0.2) is 5.67 Å². The Labute approximate surface area is 103 Å². The molecule has 0 aromatic rings. The summed E-state index contributed by atoms with van der Waals surface area (Å²) in [6.45, 7) is 0.666. The summed E-state index contributed by atoms with van der Waals surface area (Å²) in [5.74, 6) is -24.4. The molecule has 2 atom stereocenters. The monoisotopic (exact) mass is 302 g/mol. The minimum Gasteiger partial charge on any atom is -0.236 e. The van der Waals surface area contributed by atoms with E-state index in [0.29, 0.717) is 0 Å². The average Bonchev–Trinajstić information content (AvgIpc) is 2.24. The molecule has 0 radical (unpaired) electrons. The highest BCUT2D eigenvalue weighted by Crippen LogP contribution is 2.71. The largest absolute Gasteiger partial charge is 0.381 e. The van der Waals surface area contributed by atoms with E-state index in [1.54, 1.807) is 0 Å². The maximum Gasteiger partial charge on any atom is 0.381 e. The Morgan fingerprint density at radius 3 is 1.21 bits per heavy atom. The molecule has 0 aromatic carbocycles. The molecule has 9 heteroatoms. The van der Waals surface area contributed by atoms with Crippen LogP contribution in [0.5, 0.6) is 0 Å². The van der Waals surface area contributed by atoms with Gasteiger partial charge in [0.2, 0.25) is 0 Å². The zero-order chi connectivity index (χ0) is 15.7. The molecule has 0 aromatic heterocycles. The second kappa shape index (κ2) is 3.52. The highest BCUT2D eigenvalue weighted by molar-refractivity contribution is 5.25. The molecule has 1 fully saturated rings. The van der Waals surface area contributed by atoms with Crippen LogP contribution in [0.2, 0.25) is 0 Å². The number of halogens is 9. The van der Waals surface area contributed by atoms with Gasteiger partial charge in [0, 0.05) is 0 Å². The van der Waals surface area contributed by atoms with Crippen LogP contribution in [-0.2, 0) is 0 Å². The van der Waals surface area contributed by atoms with Gasteiger partial charge in [0.1, 0.15) is 0 Å². The van der Waals surface area contributed by atoms with Crippen LogP contribution in [0, 0.1) is 5.41 Å². The number of hydrogen-bond donors (Lipinski definition) is 0. The topological polar surface area (TPSA) is 0 Å². The van der Waals surface area contributed by atoms with Gasteiger partial charge in [0.05, 0.1) is 5.41 Å². The fraction of sp³-hybridized carbons (Fsp3) is 1.00. The normalized spacial score (nSPS) is 42.9. The van der Waals surface area contributed by atoms with E-state index in [9.17, 15) is 39.5 Å². The molecule has 0 amide bonds. The minimum absolute atomic E-state index is 0.115. The summed E-state index contributed by atoms with van der Waals surface area (Å²) in [7, 11) is 0. The lowest BCUT2D eigenvalue weighted by molar-refractivity contribution is -0.461. The molecule has 0 bridgehead atoms. The van der Waals surface area contributed by atoms with E-state index >= 15 is 0 Å². The Kier molecular flexibility index (Phi) is 3.04. The van der Waals surface area contributed by atoms with E-state index < -0.39 is 41.2 Å². The third kappa shape index (κ3) is 1.29. The Hall–Kier alpha value is -0.630. The van der Waals surface area contributed by atoms with Gasteiger partial charge in [-0.25, -0.2) is 4.39 Å². The number of alkyl halides is 9. The van der Waals surface area contributed by atoms with Gasteiger partial charge in [-0.15, -0.1) is 0 Å². The van der Waals surface area contributed by atoms with Gasteiger partial charge in [-0.3, -0.25) is 0 Å². The van der Waals surface area contributed by atoms with E-state index in [4.69, 9.17) is 0 Å². The van der Waals surface area contributed by atoms with Crippen LogP contribution in [0.1, 0.15) is 27.2 Å². The Balaban J connectivity index is 3.76. The van der Waals surface area contributed by atoms with Crippen LogP contribution in [0.3, 0.4) is 0 Å². The van der Waals surface area contributed by atoms with Crippen molar-refractivity contribution in [2.24, 2.45) is 5.41 Å². The van der Waals surface area contributed by atoms with E-state index in [2.05, 4.69) is 0 Å². The molecule has 1 rings (SSSR count). The first-order valence-electron chi connectivity index (χ1n) is 5.26. The van der Waals surface area contributed by atoms with Crippen molar-refractivity contribution in [1.29, 1.82) is 0 Å². The van der Waals surface area contributed by atoms with Gasteiger partial charge in [0.25, 0.3) is 0 Å². The van der Waals surface area contributed by atoms with Crippen molar-refractivity contribution in [1.82, 2.24) is 0 Å². The lowest BCUT2D eigenvalue weighted by Crippen LogP contribution is -2.81. The first kappa shape index (κ1) is 16.4.